The van der Waals surface area contributed by atoms with Gasteiger partial charge in [0.15, 0.2) is 0 Å². The molecule has 0 saturated heterocycles. The molecule has 0 radical (unpaired) electrons. The molecule has 0 fully saturated rings. The molecule has 3 aromatic rings. The number of sulfonamides is 2. The molecular formula is C21H22N2O4S2. The molecule has 2 N–H and O–H groups in total. The number of aryl methyl sites for hydroxylation is 2. The minimum atomic E-state index is -3.77. The maximum atomic E-state index is 12.5. The van der Waals surface area contributed by atoms with Gasteiger partial charge in [0.25, 0.3) is 10.0 Å². The van der Waals surface area contributed by atoms with Crippen LogP contribution in [-0.2, 0) is 25.8 Å². The number of hydrogen-bond acceptors (Lipinski definition) is 4. The maximum absolute atomic E-state index is 12.5. The van der Waals surface area contributed by atoms with Gasteiger partial charge in [0.2, 0.25) is 10.0 Å². The minimum absolute atomic E-state index is 0.0416. The van der Waals surface area contributed by atoms with E-state index in [1.807, 2.05) is 38.1 Å². The fourth-order valence-electron chi connectivity index (χ4n) is 2.73. The van der Waals surface area contributed by atoms with E-state index in [0.29, 0.717) is 16.9 Å². The van der Waals surface area contributed by atoms with Crippen molar-refractivity contribution in [2.45, 2.75) is 24.5 Å². The Bertz CT molecular complexity index is 1200. The minimum Gasteiger partial charge on any atom is -0.283 e. The fraction of sp³-hybridized carbons (Fsp3) is 0.143. The summed E-state index contributed by atoms with van der Waals surface area (Å²) in [5.41, 5.74) is 3.38. The monoisotopic (exact) mass is 430 g/mol. The van der Waals surface area contributed by atoms with Crippen molar-refractivity contribution in [3.8, 4) is 0 Å². The Balaban J connectivity index is 1.72. The van der Waals surface area contributed by atoms with Crippen molar-refractivity contribution in [2.75, 3.05) is 9.44 Å². The Morgan fingerprint density at radius 3 is 1.86 bits per heavy atom. The lowest BCUT2D eigenvalue weighted by atomic mass is 10.1. The SMILES string of the molecule is Cc1ccc(NS(=O)(=O)c2ccc(NS(=O)(=O)Cc3ccccc3C)cc2)cc1. The Hall–Kier alpha value is -2.84. The molecule has 0 aliphatic carbocycles. The van der Waals surface area contributed by atoms with Crippen molar-refractivity contribution in [1.82, 2.24) is 0 Å². The molecule has 3 aromatic carbocycles. The normalized spacial score (nSPS) is 11.8. The Morgan fingerprint density at radius 2 is 1.24 bits per heavy atom. The number of benzene rings is 3. The smallest absolute Gasteiger partial charge is 0.261 e. The van der Waals surface area contributed by atoms with Gasteiger partial charge < -0.3 is 0 Å². The van der Waals surface area contributed by atoms with Gasteiger partial charge in [0.1, 0.15) is 0 Å². The third-order valence-corrected chi connectivity index (χ3v) is 6.98. The van der Waals surface area contributed by atoms with E-state index in [-0.39, 0.29) is 10.6 Å². The summed E-state index contributed by atoms with van der Waals surface area (Å²) in [5, 5.41) is 0. The molecule has 0 atom stereocenters. The van der Waals surface area contributed by atoms with Gasteiger partial charge in [-0.05, 0) is 61.4 Å². The van der Waals surface area contributed by atoms with Gasteiger partial charge in [0, 0.05) is 11.4 Å². The molecule has 0 bridgehead atoms. The standard InChI is InChI=1S/C21H22N2O4S2/c1-16-7-9-20(10-8-16)23-29(26,27)21-13-11-19(12-14-21)22-28(24,25)15-18-6-4-3-5-17(18)2/h3-14,22-23H,15H2,1-2H3. The van der Waals surface area contributed by atoms with Crippen LogP contribution in [0.2, 0.25) is 0 Å². The number of hydrogen-bond donors (Lipinski definition) is 2. The van der Waals surface area contributed by atoms with Gasteiger partial charge in [0.05, 0.1) is 10.6 Å². The third kappa shape index (κ3) is 5.58. The molecule has 0 amide bonds. The Labute approximate surface area is 171 Å². The lowest BCUT2D eigenvalue weighted by Gasteiger charge is -2.11. The van der Waals surface area contributed by atoms with Gasteiger partial charge >= 0.3 is 0 Å². The summed E-state index contributed by atoms with van der Waals surface area (Å²) in [6, 6.07) is 19.8. The Morgan fingerprint density at radius 1 is 0.690 bits per heavy atom. The molecule has 0 aliphatic heterocycles. The van der Waals surface area contributed by atoms with Crippen LogP contribution in [0.1, 0.15) is 16.7 Å². The zero-order valence-electron chi connectivity index (χ0n) is 16.1. The fourth-order valence-corrected chi connectivity index (χ4v) is 5.09. The summed E-state index contributed by atoms with van der Waals surface area (Å²) in [6.45, 7) is 3.77. The highest BCUT2D eigenvalue weighted by Crippen LogP contribution is 2.20. The van der Waals surface area contributed by atoms with Crippen LogP contribution in [0.15, 0.2) is 77.7 Å². The molecule has 152 valence electrons. The van der Waals surface area contributed by atoms with Crippen LogP contribution in [0.4, 0.5) is 11.4 Å². The van der Waals surface area contributed by atoms with E-state index in [0.717, 1.165) is 11.1 Å². The summed E-state index contributed by atoms with van der Waals surface area (Å²) in [6.07, 6.45) is 0. The van der Waals surface area contributed by atoms with Crippen molar-refractivity contribution < 1.29 is 16.8 Å². The third-order valence-electron chi connectivity index (χ3n) is 4.35. The van der Waals surface area contributed by atoms with Crippen molar-refractivity contribution in [3.05, 3.63) is 89.5 Å². The lowest BCUT2D eigenvalue weighted by Crippen LogP contribution is -2.16. The molecule has 0 aromatic heterocycles. The van der Waals surface area contributed by atoms with E-state index in [4.69, 9.17) is 0 Å². The second-order valence-electron chi connectivity index (χ2n) is 6.78. The quantitative estimate of drug-likeness (QED) is 0.592. The van der Waals surface area contributed by atoms with Crippen molar-refractivity contribution in [3.63, 3.8) is 0 Å². The van der Waals surface area contributed by atoms with Gasteiger partial charge in [-0.3, -0.25) is 9.44 Å². The van der Waals surface area contributed by atoms with Crippen LogP contribution in [0.3, 0.4) is 0 Å². The average molecular weight is 431 g/mol. The highest BCUT2D eigenvalue weighted by molar-refractivity contribution is 7.92. The van der Waals surface area contributed by atoms with Crippen LogP contribution >= 0.6 is 0 Å². The van der Waals surface area contributed by atoms with Gasteiger partial charge in [-0.15, -0.1) is 0 Å². The summed E-state index contributed by atoms with van der Waals surface area (Å²) in [4.78, 5) is 0.0416. The van der Waals surface area contributed by atoms with E-state index < -0.39 is 20.0 Å². The van der Waals surface area contributed by atoms with Crippen molar-refractivity contribution >= 4 is 31.4 Å². The molecule has 0 aliphatic rings. The van der Waals surface area contributed by atoms with E-state index in [1.54, 1.807) is 24.3 Å². The largest absolute Gasteiger partial charge is 0.283 e. The van der Waals surface area contributed by atoms with Crippen LogP contribution in [0.25, 0.3) is 0 Å². The molecule has 8 heteroatoms. The zero-order valence-corrected chi connectivity index (χ0v) is 17.7. The summed E-state index contributed by atoms with van der Waals surface area (Å²) in [7, 11) is -7.39. The lowest BCUT2D eigenvalue weighted by molar-refractivity contribution is 0.599. The number of anilines is 2. The first-order valence-corrected chi connectivity index (χ1v) is 12.0. The van der Waals surface area contributed by atoms with E-state index in [2.05, 4.69) is 9.44 Å². The second-order valence-corrected chi connectivity index (χ2v) is 10.2. The van der Waals surface area contributed by atoms with Gasteiger partial charge in [-0.25, -0.2) is 16.8 Å². The molecular weight excluding hydrogens is 408 g/mol. The molecule has 0 saturated carbocycles. The van der Waals surface area contributed by atoms with Gasteiger partial charge in [-0.1, -0.05) is 42.0 Å². The predicted octanol–water partition coefficient (Wildman–Crippen LogP) is 4.05. The molecule has 29 heavy (non-hydrogen) atoms. The first-order chi connectivity index (χ1) is 13.6. The van der Waals surface area contributed by atoms with E-state index in [1.165, 1.54) is 24.3 Å². The topological polar surface area (TPSA) is 92.3 Å². The molecule has 0 spiro atoms. The summed E-state index contributed by atoms with van der Waals surface area (Å²) in [5.74, 6) is -0.158. The number of nitrogens with one attached hydrogen (secondary N) is 2. The van der Waals surface area contributed by atoms with Crippen LogP contribution in [-0.4, -0.2) is 16.8 Å². The van der Waals surface area contributed by atoms with Crippen LogP contribution < -0.4 is 9.44 Å². The van der Waals surface area contributed by atoms with Crippen molar-refractivity contribution in [1.29, 1.82) is 0 Å². The first-order valence-electron chi connectivity index (χ1n) is 8.89. The Kier molecular flexibility index (Phi) is 5.95. The van der Waals surface area contributed by atoms with E-state index >= 15 is 0 Å². The molecule has 0 unspecified atom stereocenters. The molecule has 6 nitrogen and oxygen atoms in total. The first kappa shape index (κ1) is 20.9. The summed E-state index contributed by atoms with van der Waals surface area (Å²) >= 11 is 0. The predicted molar refractivity (Wildman–Crippen MR) is 116 cm³/mol. The van der Waals surface area contributed by atoms with Crippen LogP contribution in [0.5, 0.6) is 0 Å². The average Bonchev–Trinajstić information content (AvgIpc) is 2.65. The summed E-state index contributed by atoms with van der Waals surface area (Å²) < 4.78 is 54.9. The zero-order chi connectivity index (χ0) is 21.1. The molecule has 0 heterocycles. The highest BCUT2D eigenvalue weighted by Gasteiger charge is 2.16. The van der Waals surface area contributed by atoms with Crippen LogP contribution in [0, 0.1) is 13.8 Å². The van der Waals surface area contributed by atoms with Crippen molar-refractivity contribution in [2.24, 2.45) is 0 Å². The van der Waals surface area contributed by atoms with E-state index in [9.17, 15) is 16.8 Å². The number of rotatable bonds is 7. The van der Waals surface area contributed by atoms with Gasteiger partial charge in [-0.2, -0.15) is 0 Å². The molecule has 3 rings (SSSR count). The maximum Gasteiger partial charge on any atom is 0.261 e. The second kappa shape index (κ2) is 8.26. The highest BCUT2D eigenvalue weighted by atomic mass is 32.2.